The van der Waals surface area contributed by atoms with E-state index in [0.717, 1.165) is 32.8 Å². The molecule has 4 aromatic heterocycles. The summed E-state index contributed by atoms with van der Waals surface area (Å²) in [7, 11) is 0. The minimum atomic E-state index is -0.259. The van der Waals surface area contributed by atoms with Crippen LogP contribution in [0.1, 0.15) is 18.8 Å². The molecule has 4 heterocycles. The van der Waals surface area contributed by atoms with Gasteiger partial charge in [0.1, 0.15) is 22.8 Å². The van der Waals surface area contributed by atoms with E-state index in [1.165, 1.54) is 23.5 Å². The largest absolute Gasteiger partial charge is 0.360 e. The first-order valence-electron chi connectivity index (χ1n) is 8.75. The summed E-state index contributed by atoms with van der Waals surface area (Å²) in [6, 6.07) is 12.1. The van der Waals surface area contributed by atoms with Crippen LogP contribution in [0.15, 0.2) is 60.4 Å². The molecule has 0 saturated heterocycles. The molecule has 138 valence electrons. The maximum absolute atomic E-state index is 13.3. The Morgan fingerprint density at radius 1 is 1.07 bits per heavy atom. The zero-order chi connectivity index (χ0) is 19.1. The highest BCUT2D eigenvalue weighted by atomic mass is 32.1. The molecule has 0 amide bonds. The third kappa shape index (κ3) is 2.78. The van der Waals surface area contributed by atoms with E-state index in [0.29, 0.717) is 5.82 Å². The lowest BCUT2D eigenvalue weighted by atomic mass is 10.1. The second-order valence-corrected chi connectivity index (χ2v) is 7.27. The molecule has 0 bridgehead atoms. The van der Waals surface area contributed by atoms with E-state index in [1.807, 2.05) is 41.1 Å². The molecule has 0 aliphatic heterocycles. The second kappa shape index (κ2) is 6.65. The van der Waals surface area contributed by atoms with Crippen LogP contribution in [0, 0.1) is 5.82 Å². The van der Waals surface area contributed by atoms with Crippen molar-refractivity contribution >= 4 is 33.0 Å². The average Bonchev–Trinajstić information content (AvgIpc) is 3.33. The fourth-order valence-electron chi connectivity index (χ4n) is 3.25. The lowest BCUT2D eigenvalue weighted by Gasteiger charge is -2.14. The molecule has 1 aromatic carbocycles. The topological polar surface area (TPSA) is 68.0 Å². The van der Waals surface area contributed by atoms with Crippen LogP contribution in [0.2, 0.25) is 0 Å². The zero-order valence-corrected chi connectivity index (χ0v) is 15.7. The van der Waals surface area contributed by atoms with E-state index in [-0.39, 0.29) is 11.9 Å². The predicted octanol–water partition coefficient (Wildman–Crippen LogP) is 4.71. The van der Waals surface area contributed by atoms with Gasteiger partial charge in [-0.1, -0.05) is 18.2 Å². The van der Waals surface area contributed by atoms with Crippen molar-refractivity contribution in [3.05, 3.63) is 72.0 Å². The third-order valence-corrected chi connectivity index (χ3v) is 5.49. The van der Waals surface area contributed by atoms with Crippen LogP contribution in [0.3, 0.4) is 0 Å². The van der Waals surface area contributed by atoms with E-state index in [1.54, 1.807) is 18.5 Å². The van der Waals surface area contributed by atoms with Crippen LogP contribution in [-0.2, 0) is 0 Å². The summed E-state index contributed by atoms with van der Waals surface area (Å²) in [6.07, 6.45) is 3.48. The quantitative estimate of drug-likeness (QED) is 0.481. The van der Waals surface area contributed by atoms with Crippen molar-refractivity contribution in [2.24, 2.45) is 0 Å². The Balaban J connectivity index is 1.57. The molecule has 1 N–H and O–H groups in total. The van der Waals surface area contributed by atoms with E-state index >= 15 is 0 Å². The monoisotopic (exact) mass is 390 g/mol. The maximum Gasteiger partial charge on any atom is 0.160 e. The molecule has 0 fully saturated rings. The Kier molecular flexibility index (Phi) is 3.98. The maximum atomic E-state index is 13.3. The molecular formula is C20H15FN6S. The summed E-state index contributed by atoms with van der Waals surface area (Å²) in [5.74, 6) is 1.25. The van der Waals surface area contributed by atoms with Gasteiger partial charge in [-0.3, -0.25) is 4.40 Å². The summed E-state index contributed by atoms with van der Waals surface area (Å²) in [5, 5.41) is 14.9. The fourth-order valence-corrected chi connectivity index (χ4v) is 4.17. The number of rotatable bonds is 4. The Hall–Kier alpha value is -3.39. The number of thiophene rings is 1. The SMILES string of the molecule is CC(Nc1ncnc2scc(-c3ccc(F)cc3)c12)c1nnc2ccccn12. The first-order chi connectivity index (χ1) is 13.7. The van der Waals surface area contributed by atoms with Gasteiger partial charge in [-0.05, 0) is 36.8 Å². The van der Waals surface area contributed by atoms with Crippen LogP contribution >= 0.6 is 11.3 Å². The van der Waals surface area contributed by atoms with Gasteiger partial charge >= 0.3 is 0 Å². The van der Waals surface area contributed by atoms with Gasteiger partial charge in [-0.2, -0.15) is 0 Å². The summed E-state index contributed by atoms with van der Waals surface area (Å²) >= 11 is 1.54. The van der Waals surface area contributed by atoms with Gasteiger partial charge in [-0.15, -0.1) is 21.5 Å². The lowest BCUT2D eigenvalue weighted by Crippen LogP contribution is -2.12. The summed E-state index contributed by atoms with van der Waals surface area (Å²) in [5.41, 5.74) is 2.69. The fraction of sp³-hybridized carbons (Fsp3) is 0.100. The molecule has 1 unspecified atom stereocenters. The summed E-state index contributed by atoms with van der Waals surface area (Å²) in [4.78, 5) is 9.72. The van der Waals surface area contributed by atoms with E-state index in [2.05, 4.69) is 25.5 Å². The number of anilines is 1. The molecule has 0 aliphatic rings. The Labute approximate surface area is 163 Å². The molecule has 0 saturated carbocycles. The van der Waals surface area contributed by atoms with Gasteiger partial charge in [0.25, 0.3) is 0 Å². The van der Waals surface area contributed by atoms with Crippen molar-refractivity contribution < 1.29 is 4.39 Å². The number of benzene rings is 1. The van der Waals surface area contributed by atoms with Crippen LogP contribution in [0.4, 0.5) is 10.2 Å². The molecule has 0 spiro atoms. The van der Waals surface area contributed by atoms with Gasteiger partial charge in [0.2, 0.25) is 0 Å². The normalized spacial score (nSPS) is 12.5. The van der Waals surface area contributed by atoms with Gasteiger partial charge in [-0.25, -0.2) is 14.4 Å². The first kappa shape index (κ1) is 16.8. The molecule has 0 aliphatic carbocycles. The van der Waals surface area contributed by atoms with E-state index < -0.39 is 0 Å². The third-order valence-electron chi connectivity index (χ3n) is 4.61. The molecule has 8 heteroatoms. The molecule has 1 atom stereocenters. The lowest BCUT2D eigenvalue weighted by molar-refractivity contribution is 0.628. The van der Waals surface area contributed by atoms with Crippen molar-refractivity contribution in [3.8, 4) is 11.1 Å². The van der Waals surface area contributed by atoms with E-state index in [4.69, 9.17) is 0 Å². The number of fused-ring (bicyclic) bond motifs is 2. The van der Waals surface area contributed by atoms with Crippen molar-refractivity contribution in [1.29, 1.82) is 0 Å². The highest BCUT2D eigenvalue weighted by Gasteiger charge is 2.18. The minimum Gasteiger partial charge on any atom is -0.360 e. The molecule has 0 radical (unpaired) electrons. The van der Waals surface area contributed by atoms with Crippen LogP contribution < -0.4 is 5.32 Å². The first-order valence-corrected chi connectivity index (χ1v) is 9.63. The number of pyridine rings is 1. The standard InChI is InChI=1S/C20H15FN6S/c1-12(19-26-25-16-4-2-3-9-27(16)19)24-18-17-15(10-28-20(17)23-11-22-18)13-5-7-14(21)8-6-13/h2-12H,1H3,(H,22,23,24). The number of nitrogens with zero attached hydrogens (tertiary/aromatic N) is 5. The average molecular weight is 390 g/mol. The number of hydrogen-bond donors (Lipinski definition) is 1. The molecule has 28 heavy (non-hydrogen) atoms. The minimum absolute atomic E-state index is 0.128. The van der Waals surface area contributed by atoms with Gasteiger partial charge < -0.3 is 5.32 Å². The second-order valence-electron chi connectivity index (χ2n) is 6.41. The molecule has 5 rings (SSSR count). The number of halogens is 1. The molecular weight excluding hydrogens is 375 g/mol. The Morgan fingerprint density at radius 2 is 1.93 bits per heavy atom. The van der Waals surface area contributed by atoms with Gasteiger partial charge in [0, 0.05) is 17.1 Å². The Morgan fingerprint density at radius 3 is 2.79 bits per heavy atom. The van der Waals surface area contributed by atoms with E-state index in [9.17, 15) is 4.39 Å². The zero-order valence-electron chi connectivity index (χ0n) is 14.9. The smallest absolute Gasteiger partial charge is 0.160 e. The highest BCUT2D eigenvalue weighted by molar-refractivity contribution is 7.17. The van der Waals surface area contributed by atoms with Crippen LogP contribution in [0.25, 0.3) is 27.0 Å². The summed E-state index contributed by atoms with van der Waals surface area (Å²) < 4.78 is 15.3. The van der Waals surface area contributed by atoms with Crippen LogP contribution in [-0.4, -0.2) is 24.6 Å². The van der Waals surface area contributed by atoms with Crippen LogP contribution in [0.5, 0.6) is 0 Å². The van der Waals surface area contributed by atoms with Crippen molar-refractivity contribution in [1.82, 2.24) is 24.6 Å². The number of hydrogen-bond acceptors (Lipinski definition) is 6. The predicted molar refractivity (Wildman–Crippen MR) is 108 cm³/mol. The van der Waals surface area contributed by atoms with Crippen molar-refractivity contribution in [2.75, 3.05) is 5.32 Å². The Bertz CT molecular complexity index is 1280. The summed E-state index contributed by atoms with van der Waals surface area (Å²) in [6.45, 7) is 2.02. The number of nitrogens with one attached hydrogen (secondary N) is 1. The van der Waals surface area contributed by atoms with Gasteiger partial charge in [0.15, 0.2) is 11.5 Å². The van der Waals surface area contributed by atoms with Gasteiger partial charge in [0.05, 0.1) is 11.4 Å². The number of aromatic nitrogens is 5. The van der Waals surface area contributed by atoms with Crippen molar-refractivity contribution in [2.45, 2.75) is 13.0 Å². The molecule has 5 aromatic rings. The van der Waals surface area contributed by atoms with Crippen molar-refractivity contribution in [3.63, 3.8) is 0 Å². The molecule has 6 nitrogen and oxygen atoms in total. The highest BCUT2D eigenvalue weighted by Crippen LogP contribution is 2.37.